The third kappa shape index (κ3) is 5.17. The molecule has 0 aliphatic carbocycles. The van der Waals surface area contributed by atoms with Gasteiger partial charge < -0.3 is 24.8 Å². The van der Waals surface area contributed by atoms with Gasteiger partial charge in [-0.25, -0.2) is 4.98 Å². The maximum absolute atomic E-state index is 6.03. The van der Waals surface area contributed by atoms with Crippen molar-refractivity contribution >= 4 is 28.9 Å². The first kappa shape index (κ1) is 19.1. The molecule has 6 nitrogen and oxygen atoms in total. The zero-order valence-electron chi connectivity index (χ0n) is 14.9. The van der Waals surface area contributed by atoms with Gasteiger partial charge in [0.05, 0.1) is 26.3 Å². The average molecular weight is 395 g/mol. The normalized spacial score (nSPS) is 16.2. The lowest BCUT2D eigenvalue weighted by molar-refractivity contribution is -0.906. The van der Waals surface area contributed by atoms with E-state index >= 15 is 0 Å². The summed E-state index contributed by atoms with van der Waals surface area (Å²) in [6, 6.07) is 7.62. The van der Waals surface area contributed by atoms with Crippen LogP contribution in [-0.2, 0) is 11.8 Å². The van der Waals surface area contributed by atoms with Gasteiger partial charge in [0.15, 0.2) is 5.11 Å². The van der Waals surface area contributed by atoms with Crippen LogP contribution in [0.1, 0.15) is 17.4 Å². The van der Waals surface area contributed by atoms with Gasteiger partial charge in [0.1, 0.15) is 25.0 Å². The van der Waals surface area contributed by atoms with Crippen molar-refractivity contribution in [2.24, 2.45) is 7.05 Å². The van der Waals surface area contributed by atoms with E-state index in [4.69, 9.17) is 28.6 Å². The summed E-state index contributed by atoms with van der Waals surface area (Å²) in [6.45, 7) is 5.66. The number of halogens is 1. The zero-order chi connectivity index (χ0) is 18.4. The number of hydrogen-bond acceptors (Lipinski definition) is 3. The van der Waals surface area contributed by atoms with E-state index in [-0.39, 0.29) is 6.04 Å². The Morgan fingerprint density at radius 3 is 2.73 bits per heavy atom. The summed E-state index contributed by atoms with van der Waals surface area (Å²) >= 11 is 11.6. The molecule has 1 aromatic heterocycles. The molecule has 2 aromatic rings. The van der Waals surface area contributed by atoms with Gasteiger partial charge in [0, 0.05) is 24.5 Å². The van der Waals surface area contributed by atoms with E-state index in [2.05, 4.69) is 15.6 Å². The number of benzene rings is 1. The van der Waals surface area contributed by atoms with E-state index in [1.54, 1.807) is 11.1 Å². The van der Waals surface area contributed by atoms with Crippen LogP contribution in [0.3, 0.4) is 0 Å². The smallest absolute Gasteiger partial charge is 0.167 e. The van der Waals surface area contributed by atoms with Crippen molar-refractivity contribution in [3.8, 4) is 0 Å². The number of morpholine rings is 1. The summed E-state index contributed by atoms with van der Waals surface area (Å²) < 4.78 is 7.38. The van der Waals surface area contributed by atoms with Gasteiger partial charge in [-0.1, -0.05) is 23.7 Å². The maximum atomic E-state index is 6.03. The molecular formula is C18H25ClN5OS+. The molecule has 140 valence electrons. The predicted molar refractivity (Wildman–Crippen MR) is 107 cm³/mol. The van der Waals surface area contributed by atoms with Crippen molar-refractivity contribution in [1.82, 2.24) is 20.2 Å². The molecule has 1 saturated heterocycles. The van der Waals surface area contributed by atoms with E-state index in [0.29, 0.717) is 10.1 Å². The zero-order valence-corrected chi connectivity index (χ0v) is 16.4. The highest BCUT2D eigenvalue weighted by molar-refractivity contribution is 7.80. The highest BCUT2D eigenvalue weighted by atomic mass is 35.5. The minimum absolute atomic E-state index is 0.136. The minimum atomic E-state index is -0.136. The molecule has 2 heterocycles. The largest absolute Gasteiger partial charge is 0.370 e. The Morgan fingerprint density at radius 2 is 2.08 bits per heavy atom. The predicted octanol–water partition coefficient (Wildman–Crippen LogP) is 0.542. The fourth-order valence-corrected chi connectivity index (χ4v) is 3.40. The van der Waals surface area contributed by atoms with Crippen LogP contribution in [0.2, 0.25) is 5.02 Å². The number of imidazole rings is 1. The molecule has 0 bridgehead atoms. The first-order valence-corrected chi connectivity index (χ1v) is 9.60. The highest BCUT2D eigenvalue weighted by Crippen LogP contribution is 2.22. The van der Waals surface area contributed by atoms with Gasteiger partial charge in [-0.15, -0.1) is 0 Å². The van der Waals surface area contributed by atoms with Crippen LogP contribution in [0.15, 0.2) is 36.7 Å². The van der Waals surface area contributed by atoms with E-state index in [0.717, 1.165) is 50.8 Å². The second-order valence-corrected chi connectivity index (χ2v) is 7.24. The second kappa shape index (κ2) is 9.32. The summed E-state index contributed by atoms with van der Waals surface area (Å²) in [5, 5.41) is 8.05. The molecule has 0 spiro atoms. The summed E-state index contributed by atoms with van der Waals surface area (Å²) in [5.41, 5.74) is 1.06. The molecule has 1 aliphatic rings. The molecule has 1 atom stereocenters. The Hall–Kier alpha value is -1.67. The number of ether oxygens (including phenoxy) is 1. The summed E-state index contributed by atoms with van der Waals surface area (Å²) in [4.78, 5) is 6.03. The number of thiocarbonyl (C=S) groups is 1. The Labute approximate surface area is 164 Å². The molecule has 0 radical (unpaired) electrons. The molecule has 26 heavy (non-hydrogen) atoms. The van der Waals surface area contributed by atoms with Gasteiger partial charge in [-0.2, -0.15) is 0 Å². The number of nitrogens with one attached hydrogen (secondary N) is 3. The van der Waals surface area contributed by atoms with Gasteiger partial charge in [-0.05, 0) is 29.9 Å². The van der Waals surface area contributed by atoms with Crippen LogP contribution in [0, 0.1) is 0 Å². The second-order valence-electron chi connectivity index (χ2n) is 6.39. The molecule has 1 aromatic carbocycles. The van der Waals surface area contributed by atoms with E-state index in [1.165, 1.54) is 0 Å². The lowest BCUT2D eigenvalue weighted by Crippen LogP contribution is -3.14. The van der Waals surface area contributed by atoms with Gasteiger partial charge in [-0.3, -0.25) is 0 Å². The summed E-state index contributed by atoms with van der Waals surface area (Å²) in [7, 11) is 1.98. The number of aryl methyl sites for hydroxylation is 1. The Morgan fingerprint density at radius 1 is 1.35 bits per heavy atom. The minimum Gasteiger partial charge on any atom is -0.370 e. The van der Waals surface area contributed by atoms with Crippen LogP contribution in [-0.4, -0.2) is 54.1 Å². The number of rotatable bonds is 6. The van der Waals surface area contributed by atoms with Crippen LogP contribution in [0.25, 0.3) is 0 Å². The number of hydrogen-bond donors (Lipinski definition) is 3. The first-order chi connectivity index (χ1) is 12.6. The quantitative estimate of drug-likeness (QED) is 0.624. The highest BCUT2D eigenvalue weighted by Gasteiger charge is 2.20. The fraction of sp³-hybridized carbons (Fsp3) is 0.444. The van der Waals surface area contributed by atoms with E-state index in [9.17, 15) is 0 Å². The van der Waals surface area contributed by atoms with Crippen molar-refractivity contribution in [2.45, 2.75) is 6.04 Å². The maximum Gasteiger partial charge on any atom is 0.167 e. The molecule has 0 amide bonds. The SMILES string of the molecule is Cn1ccnc1[C@@H](NC(=S)NCC[NH+]1CCOCC1)c1ccc(Cl)cc1. The standard InChI is InChI=1S/C18H24ClN5OS/c1-23-8-6-20-17(23)16(14-2-4-15(19)5-3-14)22-18(26)21-7-9-24-10-12-25-13-11-24/h2-6,8,16H,7,9-13H2,1H3,(H2,21,22,26)/p+1/t16-/m0/s1. The van der Waals surface area contributed by atoms with Crippen molar-refractivity contribution in [3.63, 3.8) is 0 Å². The third-order valence-corrected chi connectivity index (χ3v) is 5.07. The molecule has 3 N–H and O–H groups in total. The fourth-order valence-electron chi connectivity index (χ4n) is 3.05. The Balaban J connectivity index is 1.61. The van der Waals surface area contributed by atoms with Crippen molar-refractivity contribution < 1.29 is 9.64 Å². The molecular weight excluding hydrogens is 370 g/mol. The Bertz CT molecular complexity index is 715. The monoisotopic (exact) mass is 394 g/mol. The van der Waals surface area contributed by atoms with Crippen LogP contribution >= 0.6 is 23.8 Å². The lowest BCUT2D eigenvalue weighted by atomic mass is 10.1. The molecule has 8 heteroatoms. The number of quaternary nitrogens is 1. The molecule has 1 aliphatic heterocycles. The van der Waals surface area contributed by atoms with Crippen molar-refractivity contribution in [3.05, 3.63) is 53.1 Å². The number of nitrogens with zero attached hydrogens (tertiary/aromatic N) is 2. The van der Waals surface area contributed by atoms with Crippen LogP contribution in [0.4, 0.5) is 0 Å². The van der Waals surface area contributed by atoms with Crippen LogP contribution in [0.5, 0.6) is 0 Å². The van der Waals surface area contributed by atoms with E-state index < -0.39 is 0 Å². The molecule has 3 rings (SSSR count). The summed E-state index contributed by atoms with van der Waals surface area (Å²) in [5.74, 6) is 0.898. The Kier molecular flexibility index (Phi) is 6.85. The van der Waals surface area contributed by atoms with E-state index in [1.807, 2.05) is 42.1 Å². The molecule has 0 saturated carbocycles. The molecule has 0 unspecified atom stereocenters. The average Bonchev–Trinajstić information content (AvgIpc) is 3.07. The first-order valence-electron chi connectivity index (χ1n) is 8.82. The van der Waals surface area contributed by atoms with Crippen LogP contribution < -0.4 is 15.5 Å². The van der Waals surface area contributed by atoms with Crippen molar-refractivity contribution in [1.29, 1.82) is 0 Å². The topological polar surface area (TPSA) is 55.5 Å². The van der Waals surface area contributed by atoms with Crippen molar-refractivity contribution in [2.75, 3.05) is 39.4 Å². The van der Waals surface area contributed by atoms with Gasteiger partial charge in [0.25, 0.3) is 0 Å². The third-order valence-electron chi connectivity index (χ3n) is 4.56. The van der Waals surface area contributed by atoms with Gasteiger partial charge in [0.2, 0.25) is 0 Å². The van der Waals surface area contributed by atoms with Gasteiger partial charge >= 0.3 is 0 Å². The molecule has 1 fully saturated rings. The summed E-state index contributed by atoms with van der Waals surface area (Å²) in [6.07, 6.45) is 3.72. The number of aromatic nitrogens is 2. The lowest BCUT2D eigenvalue weighted by Gasteiger charge is -2.25.